The maximum Gasteiger partial charge on any atom is 0.123 e. The summed E-state index contributed by atoms with van der Waals surface area (Å²) in [5.74, 6) is -0.186. The summed E-state index contributed by atoms with van der Waals surface area (Å²) < 4.78 is 13.0. The lowest BCUT2D eigenvalue weighted by molar-refractivity contribution is 0.469. The fourth-order valence-corrected chi connectivity index (χ4v) is 2.66. The third-order valence-electron chi connectivity index (χ3n) is 3.89. The zero-order valence-corrected chi connectivity index (χ0v) is 11.9. The van der Waals surface area contributed by atoms with Crippen LogP contribution in [-0.2, 0) is 6.54 Å². The van der Waals surface area contributed by atoms with Gasteiger partial charge in [-0.3, -0.25) is 0 Å². The van der Waals surface area contributed by atoms with Crippen molar-refractivity contribution in [2.45, 2.75) is 25.9 Å². The van der Waals surface area contributed by atoms with E-state index in [9.17, 15) is 4.39 Å². The lowest BCUT2D eigenvalue weighted by Crippen LogP contribution is -2.51. The van der Waals surface area contributed by atoms with Crippen molar-refractivity contribution < 1.29 is 4.39 Å². The van der Waals surface area contributed by atoms with Crippen molar-refractivity contribution in [3.8, 4) is 0 Å². The Labute approximate surface area is 119 Å². The van der Waals surface area contributed by atoms with Crippen LogP contribution in [-0.4, -0.2) is 12.1 Å². The first kappa shape index (κ1) is 13.0. The standard InChI is InChI=1S/C17H19FN2/c1-17(2)12-19-15-5-3-4-6-16(15)20(17)11-13-7-9-14(18)10-8-13/h3-10,19H,11-12H2,1-2H3. The first-order chi connectivity index (χ1) is 9.56. The zero-order valence-electron chi connectivity index (χ0n) is 11.9. The van der Waals surface area contributed by atoms with Gasteiger partial charge in [-0.2, -0.15) is 0 Å². The minimum atomic E-state index is -0.186. The van der Waals surface area contributed by atoms with Crippen LogP contribution < -0.4 is 10.2 Å². The van der Waals surface area contributed by atoms with Crippen LogP contribution in [0.2, 0.25) is 0 Å². The molecule has 2 aromatic rings. The summed E-state index contributed by atoms with van der Waals surface area (Å²) in [6.45, 7) is 6.12. The molecule has 0 amide bonds. The van der Waals surface area contributed by atoms with Gasteiger partial charge in [0.25, 0.3) is 0 Å². The highest BCUT2D eigenvalue weighted by Crippen LogP contribution is 2.36. The van der Waals surface area contributed by atoms with Crippen molar-refractivity contribution in [1.82, 2.24) is 0 Å². The smallest absolute Gasteiger partial charge is 0.123 e. The molecule has 0 saturated heterocycles. The Morgan fingerprint density at radius 2 is 1.80 bits per heavy atom. The SMILES string of the molecule is CC1(C)CNc2ccccc2N1Cc1ccc(F)cc1. The summed E-state index contributed by atoms with van der Waals surface area (Å²) in [5, 5.41) is 3.48. The summed E-state index contributed by atoms with van der Waals surface area (Å²) >= 11 is 0. The molecule has 20 heavy (non-hydrogen) atoms. The molecular weight excluding hydrogens is 251 g/mol. The molecule has 1 heterocycles. The Bertz CT molecular complexity index is 605. The van der Waals surface area contributed by atoms with Gasteiger partial charge in [0.15, 0.2) is 0 Å². The van der Waals surface area contributed by atoms with Gasteiger partial charge in [-0.15, -0.1) is 0 Å². The number of rotatable bonds is 2. The molecular formula is C17H19FN2. The summed E-state index contributed by atoms with van der Waals surface area (Å²) in [6.07, 6.45) is 0. The third-order valence-corrected chi connectivity index (χ3v) is 3.89. The highest BCUT2D eigenvalue weighted by atomic mass is 19.1. The van der Waals surface area contributed by atoms with Crippen molar-refractivity contribution in [2.24, 2.45) is 0 Å². The molecule has 2 aromatic carbocycles. The fraction of sp³-hybridized carbons (Fsp3) is 0.294. The Morgan fingerprint density at radius 1 is 1.10 bits per heavy atom. The second-order valence-electron chi connectivity index (χ2n) is 5.90. The topological polar surface area (TPSA) is 15.3 Å². The average Bonchev–Trinajstić information content (AvgIpc) is 2.44. The van der Waals surface area contributed by atoms with Gasteiger partial charge in [0, 0.05) is 13.1 Å². The minimum absolute atomic E-state index is 0.0166. The van der Waals surface area contributed by atoms with Crippen LogP contribution >= 0.6 is 0 Å². The maximum atomic E-state index is 13.0. The van der Waals surface area contributed by atoms with Crippen LogP contribution in [0.4, 0.5) is 15.8 Å². The molecule has 1 aliphatic rings. The van der Waals surface area contributed by atoms with E-state index in [1.54, 1.807) is 0 Å². The van der Waals surface area contributed by atoms with Gasteiger partial charge in [0.05, 0.1) is 16.9 Å². The molecule has 3 heteroatoms. The first-order valence-electron chi connectivity index (χ1n) is 6.91. The summed E-state index contributed by atoms with van der Waals surface area (Å²) in [6, 6.07) is 15.1. The van der Waals surface area contributed by atoms with Crippen molar-refractivity contribution in [1.29, 1.82) is 0 Å². The Kier molecular flexibility index (Phi) is 3.13. The van der Waals surface area contributed by atoms with Crippen LogP contribution in [0.25, 0.3) is 0 Å². The van der Waals surface area contributed by atoms with Crippen LogP contribution in [0.1, 0.15) is 19.4 Å². The van der Waals surface area contributed by atoms with Gasteiger partial charge in [0.1, 0.15) is 5.82 Å². The highest BCUT2D eigenvalue weighted by molar-refractivity contribution is 5.73. The van der Waals surface area contributed by atoms with E-state index in [0.717, 1.165) is 24.3 Å². The molecule has 104 valence electrons. The monoisotopic (exact) mass is 270 g/mol. The van der Waals surface area contributed by atoms with Crippen LogP contribution in [0, 0.1) is 5.82 Å². The van der Waals surface area contributed by atoms with Crippen molar-refractivity contribution in [3.63, 3.8) is 0 Å². The molecule has 0 unspecified atom stereocenters. The van der Waals surface area contributed by atoms with E-state index < -0.39 is 0 Å². The summed E-state index contributed by atoms with van der Waals surface area (Å²) in [4.78, 5) is 2.38. The number of hydrogen-bond acceptors (Lipinski definition) is 2. The first-order valence-corrected chi connectivity index (χ1v) is 6.91. The van der Waals surface area contributed by atoms with Gasteiger partial charge >= 0.3 is 0 Å². The highest BCUT2D eigenvalue weighted by Gasteiger charge is 2.32. The number of nitrogens with zero attached hydrogens (tertiary/aromatic N) is 1. The van der Waals surface area contributed by atoms with E-state index in [2.05, 4.69) is 42.3 Å². The predicted octanol–water partition coefficient (Wildman–Crippen LogP) is 4.04. The van der Waals surface area contributed by atoms with Crippen molar-refractivity contribution in [3.05, 3.63) is 59.9 Å². The number of nitrogens with one attached hydrogen (secondary N) is 1. The van der Waals surface area contributed by atoms with E-state index in [1.165, 1.54) is 17.8 Å². The lowest BCUT2D eigenvalue weighted by Gasteiger charge is -2.45. The van der Waals surface area contributed by atoms with E-state index >= 15 is 0 Å². The largest absolute Gasteiger partial charge is 0.381 e. The van der Waals surface area contributed by atoms with Gasteiger partial charge in [-0.25, -0.2) is 4.39 Å². The minimum Gasteiger partial charge on any atom is -0.381 e. The molecule has 0 saturated carbocycles. The number of halogens is 1. The molecule has 0 aliphatic carbocycles. The van der Waals surface area contributed by atoms with Gasteiger partial charge in [-0.1, -0.05) is 24.3 Å². The van der Waals surface area contributed by atoms with Crippen LogP contribution in [0.15, 0.2) is 48.5 Å². The zero-order chi connectivity index (χ0) is 14.2. The van der Waals surface area contributed by atoms with Crippen molar-refractivity contribution in [2.75, 3.05) is 16.8 Å². The van der Waals surface area contributed by atoms with Gasteiger partial charge in [-0.05, 0) is 43.7 Å². The van der Waals surface area contributed by atoms with Gasteiger partial charge < -0.3 is 10.2 Å². The molecule has 0 bridgehead atoms. The van der Waals surface area contributed by atoms with Crippen LogP contribution in [0.5, 0.6) is 0 Å². The molecule has 0 atom stereocenters. The Hall–Kier alpha value is -2.03. The molecule has 0 aromatic heterocycles. The second kappa shape index (κ2) is 4.82. The molecule has 0 spiro atoms. The number of para-hydroxylation sites is 2. The van der Waals surface area contributed by atoms with Crippen molar-refractivity contribution >= 4 is 11.4 Å². The number of hydrogen-bond donors (Lipinski definition) is 1. The molecule has 1 N–H and O–H groups in total. The summed E-state index contributed by atoms with van der Waals surface area (Å²) in [5.41, 5.74) is 3.50. The molecule has 3 rings (SSSR count). The number of fused-ring (bicyclic) bond motifs is 1. The molecule has 2 nitrogen and oxygen atoms in total. The normalized spacial score (nSPS) is 16.4. The quantitative estimate of drug-likeness (QED) is 0.886. The van der Waals surface area contributed by atoms with Crippen LogP contribution in [0.3, 0.4) is 0 Å². The maximum absolute atomic E-state index is 13.0. The Morgan fingerprint density at radius 3 is 2.55 bits per heavy atom. The van der Waals surface area contributed by atoms with E-state index in [-0.39, 0.29) is 11.4 Å². The van der Waals surface area contributed by atoms with E-state index in [0.29, 0.717) is 0 Å². The van der Waals surface area contributed by atoms with Gasteiger partial charge in [0.2, 0.25) is 0 Å². The molecule has 0 radical (unpaired) electrons. The van der Waals surface area contributed by atoms with E-state index in [4.69, 9.17) is 0 Å². The summed E-state index contributed by atoms with van der Waals surface area (Å²) in [7, 11) is 0. The second-order valence-corrected chi connectivity index (χ2v) is 5.90. The Balaban J connectivity index is 1.95. The molecule has 0 fully saturated rings. The number of benzene rings is 2. The molecule has 1 aliphatic heterocycles. The predicted molar refractivity (Wildman–Crippen MR) is 81.6 cm³/mol. The lowest BCUT2D eigenvalue weighted by atomic mass is 9.96. The third kappa shape index (κ3) is 2.36. The fourth-order valence-electron chi connectivity index (χ4n) is 2.66. The average molecular weight is 270 g/mol. The van der Waals surface area contributed by atoms with E-state index in [1.807, 2.05) is 18.2 Å². The number of anilines is 2.